The summed E-state index contributed by atoms with van der Waals surface area (Å²) in [6.45, 7) is 0. The molecule has 100 valence electrons. The minimum Gasteiger partial charge on any atom is -0.277 e. The average molecular weight is 335 g/mol. The number of aromatic nitrogens is 2. The number of hydrogen-bond donors (Lipinski definition) is 1. The fourth-order valence-corrected chi connectivity index (χ4v) is 2.53. The number of rotatable bonds is 2. The number of benzene rings is 2. The smallest absolute Gasteiger partial charge is 0.133 e. The molecule has 1 heterocycles. The van der Waals surface area contributed by atoms with Gasteiger partial charge in [0.1, 0.15) is 11.6 Å². The van der Waals surface area contributed by atoms with E-state index in [-0.39, 0.29) is 11.6 Å². The maximum atomic E-state index is 13.9. The van der Waals surface area contributed by atoms with Gasteiger partial charge in [0.05, 0.1) is 11.4 Å². The number of aromatic amines is 1. The van der Waals surface area contributed by atoms with Gasteiger partial charge < -0.3 is 0 Å². The highest BCUT2D eigenvalue weighted by Crippen LogP contribution is 2.31. The minimum absolute atomic E-state index is 0.304. The topological polar surface area (TPSA) is 28.7 Å². The van der Waals surface area contributed by atoms with Gasteiger partial charge in [-0.05, 0) is 58.4 Å². The Balaban J connectivity index is 2.04. The molecule has 0 aliphatic heterocycles. The Bertz CT molecular complexity index is 731. The lowest BCUT2D eigenvalue weighted by molar-refractivity contribution is 0.628. The van der Waals surface area contributed by atoms with Gasteiger partial charge >= 0.3 is 0 Å². The van der Waals surface area contributed by atoms with Crippen LogP contribution < -0.4 is 0 Å². The Hall–Kier alpha value is -2.01. The summed E-state index contributed by atoms with van der Waals surface area (Å²) in [6.07, 6.45) is 0. The van der Waals surface area contributed by atoms with Crippen molar-refractivity contribution in [2.24, 2.45) is 0 Å². The third-order valence-corrected chi connectivity index (χ3v) is 3.61. The first-order valence-corrected chi connectivity index (χ1v) is 6.70. The van der Waals surface area contributed by atoms with Crippen molar-refractivity contribution in [1.29, 1.82) is 0 Å². The standard InChI is InChI=1S/C15H9BrF2N2/c16-11-2-1-3-12(18)15(11)14-8-13(19-20-14)9-4-6-10(17)7-5-9/h1-8H,(H,19,20). The van der Waals surface area contributed by atoms with Gasteiger partial charge in [0, 0.05) is 15.6 Å². The second kappa shape index (κ2) is 5.17. The van der Waals surface area contributed by atoms with Gasteiger partial charge in [-0.25, -0.2) is 8.78 Å². The highest BCUT2D eigenvalue weighted by atomic mass is 79.9. The van der Waals surface area contributed by atoms with Crippen molar-refractivity contribution < 1.29 is 8.78 Å². The molecule has 0 amide bonds. The molecule has 0 atom stereocenters. The van der Waals surface area contributed by atoms with Crippen LogP contribution in [0, 0.1) is 11.6 Å². The number of nitrogens with zero attached hydrogens (tertiary/aromatic N) is 1. The Labute approximate surface area is 122 Å². The lowest BCUT2D eigenvalue weighted by atomic mass is 10.1. The quantitative estimate of drug-likeness (QED) is 0.717. The monoisotopic (exact) mass is 334 g/mol. The van der Waals surface area contributed by atoms with Crippen LogP contribution in [0.3, 0.4) is 0 Å². The van der Waals surface area contributed by atoms with E-state index >= 15 is 0 Å². The molecule has 2 aromatic carbocycles. The molecule has 0 saturated heterocycles. The molecule has 3 aromatic rings. The van der Waals surface area contributed by atoms with Crippen LogP contribution in [0.5, 0.6) is 0 Å². The molecule has 0 radical (unpaired) electrons. The van der Waals surface area contributed by atoms with Crippen LogP contribution in [0.2, 0.25) is 0 Å². The van der Waals surface area contributed by atoms with E-state index in [0.717, 1.165) is 5.56 Å². The molecular weight excluding hydrogens is 326 g/mol. The SMILES string of the molecule is Fc1ccc(-c2cc(-c3c(F)cccc3Br)[nH]n2)cc1. The first-order chi connectivity index (χ1) is 9.65. The van der Waals surface area contributed by atoms with Gasteiger partial charge in [0.25, 0.3) is 0 Å². The number of hydrogen-bond acceptors (Lipinski definition) is 1. The second-order valence-electron chi connectivity index (χ2n) is 4.27. The van der Waals surface area contributed by atoms with E-state index in [9.17, 15) is 8.78 Å². The van der Waals surface area contributed by atoms with Crippen LogP contribution in [0.15, 0.2) is 53.0 Å². The molecule has 0 spiro atoms. The summed E-state index contributed by atoms with van der Waals surface area (Å²) in [5.74, 6) is -0.643. The molecule has 0 aliphatic carbocycles. The molecule has 5 heteroatoms. The van der Waals surface area contributed by atoms with E-state index in [1.807, 2.05) is 0 Å². The third kappa shape index (κ3) is 2.36. The van der Waals surface area contributed by atoms with E-state index in [4.69, 9.17) is 0 Å². The molecule has 1 aromatic heterocycles. The molecule has 2 nitrogen and oxygen atoms in total. The van der Waals surface area contributed by atoms with Crippen molar-refractivity contribution in [3.63, 3.8) is 0 Å². The number of H-pyrrole nitrogens is 1. The van der Waals surface area contributed by atoms with Gasteiger partial charge in [-0.2, -0.15) is 5.10 Å². The minimum atomic E-state index is -0.339. The van der Waals surface area contributed by atoms with Crippen LogP contribution >= 0.6 is 15.9 Å². The van der Waals surface area contributed by atoms with Crippen molar-refractivity contribution in [3.8, 4) is 22.5 Å². The zero-order valence-electron chi connectivity index (χ0n) is 10.2. The molecule has 20 heavy (non-hydrogen) atoms. The predicted molar refractivity (Wildman–Crippen MR) is 77.1 cm³/mol. The van der Waals surface area contributed by atoms with Crippen molar-refractivity contribution in [3.05, 3.63) is 64.6 Å². The summed E-state index contributed by atoms with van der Waals surface area (Å²) in [6, 6.07) is 12.5. The van der Waals surface area contributed by atoms with Gasteiger partial charge in [-0.1, -0.05) is 6.07 Å². The van der Waals surface area contributed by atoms with E-state index in [0.29, 0.717) is 21.4 Å². The van der Waals surface area contributed by atoms with Gasteiger partial charge in [0.15, 0.2) is 0 Å². The maximum Gasteiger partial charge on any atom is 0.133 e. The number of halogens is 3. The van der Waals surface area contributed by atoms with E-state index < -0.39 is 0 Å². The molecule has 0 aliphatic rings. The van der Waals surface area contributed by atoms with Crippen LogP contribution in [0.1, 0.15) is 0 Å². The predicted octanol–water partition coefficient (Wildman–Crippen LogP) is 4.78. The molecule has 0 bridgehead atoms. The summed E-state index contributed by atoms with van der Waals surface area (Å²) in [7, 11) is 0. The Morgan fingerprint density at radius 1 is 1.00 bits per heavy atom. The zero-order chi connectivity index (χ0) is 14.1. The molecule has 1 N–H and O–H groups in total. The van der Waals surface area contributed by atoms with Crippen LogP contribution in [-0.4, -0.2) is 10.2 Å². The fourth-order valence-electron chi connectivity index (χ4n) is 1.97. The largest absolute Gasteiger partial charge is 0.277 e. The van der Waals surface area contributed by atoms with Crippen molar-refractivity contribution in [1.82, 2.24) is 10.2 Å². The third-order valence-electron chi connectivity index (χ3n) is 2.95. The van der Waals surface area contributed by atoms with Crippen LogP contribution in [-0.2, 0) is 0 Å². The summed E-state index contributed by atoms with van der Waals surface area (Å²) >= 11 is 3.32. The van der Waals surface area contributed by atoms with E-state index in [1.54, 1.807) is 30.3 Å². The Morgan fingerprint density at radius 2 is 1.75 bits per heavy atom. The molecule has 0 fully saturated rings. The van der Waals surface area contributed by atoms with Gasteiger partial charge in [-0.3, -0.25) is 5.10 Å². The first-order valence-electron chi connectivity index (χ1n) is 5.91. The fraction of sp³-hybridized carbons (Fsp3) is 0. The molecular formula is C15H9BrF2N2. The zero-order valence-corrected chi connectivity index (χ0v) is 11.8. The average Bonchev–Trinajstić information content (AvgIpc) is 2.89. The normalized spacial score (nSPS) is 10.8. The highest BCUT2D eigenvalue weighted by molar-refractivity contribution is 9.10. The van der Waals surface area contributed by atoms with Crippen molar-refractivity contribution in [2.45, 2.75) is 0 Å². The second-order valence-corrected chi connectivity index (χ2v) is 5.12. The maximum absolute atomic E-state index is 13.9. The summed E-state index contributed by atoms with van der Waals surface area (Å²) < 4.78 is 27.4. The Morgan fingerprint density at radius 3 is 2.45 bits per heavy atom. The summed E-state index contributed by atoms with van der Waals surface area (Å²) in [4.78, 5) is 0. The lowest BCUT2D eigenvalue weighted by Gasteiger charge is -2.02. The molecule has 0 saturated carbocycles. The van der Waals surface area contributed by atoms with Crippen molar-refractivity contribution in [2.75, 3.05) is 0 Å². The summed E-state index contributed by atoms with van der Waals surface area (Å²) in [5.41, 5.74) is 2.39. The summed E-state index contributed by atoms with van der Waals surface area (Å²) in [5, 5.41) is 6.94. The number of nitrogens with one attached hydrogen (secondary N) is 1. The van der Waals surface area contributed by atoms with E-state index in [1.165, 1.54) is 18.2 Å². The Kier molecular flexibility index (Phi) is 3.36. The van der Waals surface area contributed by atoms with Crippen LogP contribution in [0.25, 0.3) is 22.5 Å². The van der Waals surface area contributed by atoms with Gasteiger partial charge in [0.2, 0.25) is 0 Å². The molecule has 0 unspecified atom stereocenters. The van der Waals surface area contributed by atoms with Crippen LogP contribution in [0.4, 0.5) is 8.78 Å². The lowest BCUT2D eigenvalue weighted by Crippen LogP contribution is -1.85. The van der Waals surface area contributed by atoms with Gasteiger partial charge in [-0.15, -0.1) is 0 Å². The molecule has 3 rings (SSSR count). The van der Waals surface area contributed by atoms with Crippen molar-refractivity contribution >= 4 is 15.9 Å². The van der Waals surface area contributed by atoms with E-state index in [2.05, 4.69) is 26.1 Å². The highest BCUT2D eigenvalue weighted by Gasteiger charge is 2.12. The first kappa shape index (κ1) is 13.0.